The van der Waals surface area contributed by atoms with Gasteiger partial charge in [0.2, 0.25) is 5.91 Å². The average molecular weight is 169 g/mol. The Bertz CT molecular complexity index is 200. The topological polar surface area (TPSA) is 58.4 Å². The van der Waals surface area contributed by atoms with Crippen molar-refractivity contribution >= 4 is 5.91 Å². The number of hydrogen-bond donors (Lipinski definition) is 2. The van der Waals surface area contributed by atoms with Crippen molar-refractivity contribution in [3.05, 3.63) is 0 Å². The van der Waals surface area contributed by atoms with Crippen molar-refractivity contribution in [1.29, 1.82) is 0 Å². The standard InChI is InChI=1S/C8H15N3O/c9-4-5-11-7(12)6-8(10-11)2-1-3-8/h10H,1-6,9H2. The number of nitrogens with one attached hydrogen (secondary N) is 1. The Kier molecular flexibility index (Phi) is 1.81. The quantitative estimate of drug-likeness (QED) is 0.591. The summed E-state index contributed by atoms with van der Waals surface area (Å²) in [6, 6.07) is 0. The lowest BCUT2D eigenvalue weighted by atomic mass is 9.76. The van der Waals surface area contributed by atoms with E-state index in [2.05, 4.69) is 5.43 Å². The van der Waals surface area contributed by atoms with Crippen LogP contribution in [0.1, 0.15) is 25.7 Å². The van der Waals surface area contributed by atoms with Crippen molar-refractivity contribution < 1.29 is 4.79 Å². The zero-order valence-corrected chi connectivity index (χ0v) is 7.18. The second kappa shape index (κ2) is 2.71. The predicted molar refractivity (Wildman–Crippen MR) is 45.1 cm³/mol. The highest BCUT2D eigenvalue weighted by Gasteiger charge is 2.46. The van der Waals surface area contributed by atoms with Gasteiger partial charge in [-0.15, -0.1) is 0 Å². The summed E-state index contributed by atoms with van der Waals surface area (Å²) >= 11 is 0. The third kappa shape index (κ3) is 1.11. The zero-order chi connectivity index (χ0) is 8.60. The van der Waals surface area contributed by atoms with E-state index in [0.717, 1.165) is 12.8 Å². The van der Waals surface area contributed by atoms with Gasteiger partial charge in [-0.05, 0) is 19.3 Å². The fourth-order valence-corrected chi connectivity index (χ4v) is 1.97. The molecule has 0 radical (unpaired) electrons. The van der Waals surface area contributed by atoms with Gasteiger partial charge in [-0.3, -0.25) is 9.80 Å². The van der Waals surface area contributed by atoms with Crippen molar-refractivity contribution in [1.82, 2.24) is 10.4 Å². The van der Waals surface area contributed by atoms with Crippen LogP contribution < -0.4 is 11.2 Å². The summed E-state index contributed by atoms with van der Waals surface area (Å²) in [4.78, 5) is 11.4. The van der Waals surface area contributed by atoms with Gasteiger partial charge in [-0.2, -0.15) is 0 Å². The van der Waals surface area contributed by atoms with Crippen LogP contribution in [-0.4, -0.2) is 29.5 Å². The number of nitrogens with two attached hydrogens (primary N) is 1. The van der Waals surface area contributed by atoms with Crippen LogP contribution in [0.2, 0.25) is 0 Å². The first-order valence-electron chi connectivity index (χ1n) is 4.54. The van der Waals surface area contributed by atoms with Crippen LogP contribution in [0, 0.1) is 0 Å². The Morgan fingerprint density at radius 1 is 1.58 bits per heavy atom. The van der Waals surface area contributed by atoms with E-state index < -0.39 is 0 Å². The van der Waals surface area contributed by atoms with Gasteiger partial charge in [0.1, 0.15) is 0 Å². The molecule has 3 N–H and O–H groups in total. The van der Waals surface area contributed by atoms with Crippen molar-refractivity contribution in [3.63, 3.8) is 0 Å². The fraction of sp³-hybridized carbons (Fsp3) is 0.875. The number of amides is 1. The van der Waals surface area contributed by atoms with E-state index in [0.29, 0.717) is 19.5 Å². The lowest BCUT2D eigenvalue weighted by Gasteiger charge is -2.37. The number of nitrogens with zero attached hydrogens (tertiary/aromatic N) is 1. The van der Waals surface area contributed by atoms with Crippen LogP contribution in [0.25, 0.3) is 0 Å². The fourth-order valence-electron chi connectivity index (χ4n) is 1.97. The number of hydrazine groups is 1. The molecule has 1 spiro atoms. The molecule has 4 nitrogen and oxygen atoms in total. The molecule has 1 saturated carbocycles. The maximum Gasteiger partial charge on any atom is 0.238 e. The van der Waals surface area contributed by atoms with E-state index in [1.165, 1.54) is 6.42 Å². The second-order valence-corrected chi connectivity index (χ2v) is 3.76. The molecule has 0 aromatic heterocycles. The molecular formula is C8H15N3O. The summed E-state index contributed by atoms with van der Waals surface area (Å²) in [5.74, 6) is 0.208. The molecule has 4 heteroatoms. The van der Waals surface area contributed by atoms with E-state index in [4.69, 9.17) is 5.73 Å². The molecule has 1 heterocycles. The zero-order valence-electron chi connectivity index (χ0n) is 7.18. The molecule has 12 heavy (non-hydrogen) atoms. The van der Waals surface area contributed by atoms with Crippen LogP contribution in [0.3, 0.4) is 0 Å². The number of rotatable bonds is 2. The number of hydrogen-bond acceptors (Lipinski definition) is 3. The Balaban J connectivity index is 1.97. The van der Waals surface area contributed by atoms with E-state index in [-0.39, 0.29) is 11.4 Å². The summed E-state index contributed by atoms with van der Waals surface area (Å²) in [6.07, 6.45) is 4.20. The Morgan fingerprint density at radius 3 is 2.75 bits per heavy atom. The Morgan fingerprint density at radius 2 is 2.33 bits per heavy atom. The molecule has 1 aliphatic carbocycles. The highest BCUT2D eigenvalue weighted by Crippen LogP contribution is 2.38. The largest absolute Gasteiger partial charge is 0.329 e. The van der Waals surface area contributed by atoms with Gasteiger partial charge in [-0.25, -0.2) is 5.43 Å². The third-order valence-corrected chi connectivity index (χ3v) is 2.83. The van der Waals surface area contributed by atoms with Crippen molar-refractivity contribution in [2.24, 2.45) is 5.73 Å². The summed E-state index contributed by atoms with van der Waals surface area (Å²) in [7, 11) is 0. The first-order valence-corrected chi connectivity index (χ1v) is 4.54. The molecule has 2 aliphatic rings. The van der Waals surface area contributed by atoms with E-state index in [1.54, 1.807) is 5.01 Å². The summed E-state index contributed by atoms with van der Waals surface area (Å²) in [5, 5.41) is 1.68. The van der Waals surface area contributed by atoms with Gasteiger partial charge in [0, 0.05) is 25.0 Å². The minimum atomic E-state index is 0.131. The molecule has 0 atom stereocenters. The first kappa shape index (κ1) is 8.01. The first-order chi connectivity index (χ1) is 5.76. The highest BCUT2D eigenvalue weighted by atomic mass is 16.2. The van der Waals surface area contributed by atoms with Crippen LogP contribution in [-0.2, 0) is 4.79 Å². The Labute approximate surface area is 72.1 Å². The minimum Gasteiger partial charge on any atom is -0.329 e. The normalized spacial score (nSPS) is 26.4. The van der Waals surface area contributed by atoms with Crippen molar-refractivity contribution in [3.8, 4) is 0 Å². The van der Waals surface area contributed by atoms with Crippen LogP contribution in [0.5, 0.6) is 0 Å². The van der Waals surface area contributed by atoms with Gasteiger partial charge < -0.3 is 5.73 Å². The van der Waals surface area contributed by atoms with E-state index >= 15 is 0 Å². The molecule has 1 amide bonds. The molecule has 1 saturated heterocycles. The Hall–Kier alpha value is -0.610. The minimum absolute atomic E-state index is 0.131. The van der Waals surface area contributed by atoms with Crippen molar-refractivity contribution in [2.75, 3.05) is 13.1 Å². The molecule has 0 bridgehead atoms. The van der Waals surface area contributed by atoms with E-state index in [9.17, 15) is 4.79 Å². The van der Waals surface area contributed by atoms with E-state index in [1.807, 2.05) is 0 Å². The molecule has 68 valence electrons. The molecule has 0 unspecified atom stereocenters. The molecular weight excluding hydrogens is 154 g/mol. The van der Waals surface area contributed by atoms with Gasteiger partial charge in [0.25, 0.3) is 0 Å². The average Bonchev–Trinajstić information content (AvgIpc) is 2.29. The third-order valence-electron chi connectivity index (χ3n) is 2.83. The molecule has 2 fully saturated rings. The van der Waals surface area contributed by atoms with Gasteiger partial charge >= 0.3 is 0 Å². The molecule has 0 aromatic carbocycles. The van der Waals surface area contributed by atoms with Gasteiger partial charge in [0.15, 0.2) is 0 Å². The number of carbonyl (C=O) groups excluding carboxylic acids is 1. The van der Waals surface area contributed by atoms with Gasteiger partial charge in [-0.1, -0.05) is 0 Å². The van der Waals surface area contributed by atoms with Crippen LogP contribution in [0.4, 0.5) is 0 Å². The second-order valence-electron chi connectivity index (χ2n) is 3.76. The number of carbonyl (C=O) groups is 1. The maximum atomic E-state index is 11.4. The molecule has 1 aliphatic heterocycles. The molecule has 0 aromatic rings. The molecule has 2 rings (SSSR count). The summed E-state index contributed by atoms with van der Waals surface area (Å²) in [6.45, 7) is 1.18. The lowest BCUT2D eigenvalue weighted by Crippen LogP contribution is -2.51. The summed E-state index contributed by atoms with van der Waals surface area (Å²) < 4.78 is 0. The van der Waals surface area contributed by atoms with Crippen molar-refractivity contribution in [2.45, 2.75) is 31.2 Å². The predicted octanol–water partition coefficient (Wildman–Crippen LogP) is -0.395. The SMILES string of the molecule is NCCN1NC2(CCC2)CC1=O. The van der Waals surface area contributed by atoms with Crippen LogP contribution >= 0.6 is 0 Å². The maximum absolute atomic E-state index is 11.4. The smallest absolute Gasteiger partial charge is 0.238 e. The van der Waals surface area contributed by atoms with Gasteiger partial charge in [0.05, 0.1) is 0 Å². The highest BCUT2D eigenvalue weighted by molar-refractivity contribution is 5.79. The lowest BCUT2D eigenvalue weighted by molar-refractivity contribution is -0.129. The van der Waals surface area contributed by atoms with Crippen LogP contribution in [0.15, 0.2) is 0 Å². The monoisotopic (exact) mass is 169 g/mol. The summed E-state index contributed by atoms with van der Waals surface area (Å²) in [5.41, 5.74) is 8.77.